The van der Waals surface area contributed by atoms with Gasteiger partial charge in [0.25, 0.3) is 0 Å². The van der Waals surface area contributed by atoms with Crippen molar-refractivity contribution in [3.05, 3.63) is 0 Å². The molecule has 0 radical (unpaired) electrons. The maximum atomic E-state index is 11.9. The number of carboxylic acids is 1. The highest BCUT2D eigenvalue weighted by Gasteiger charge is 2.24. The third-order valence-electron chi connectivity index (χ3n) is 5.31. The lowest BCUT2D eigenvalue weighted by atomic mass is 9.92. The summed E-state index contributed by atoms with van der Waals surface area (Å²) >= 11 is 0. The molecule has 0 saturated carbocycles. The van der Waals surface area contributed by atoms with Crippen molar-refractivity contribution < 1.29 is 27.9 Å². The Morgan fingerprint density at radius 2 is 1.74 bits per heavy atom. The standard InChI is InChI=1S/C20H38N4O6S/c1-2-3-13-31(29,30)24-17(20(27)28)14-22-19(26)15-23-18(25)8-6-4-5-7-16-9-11-21-12-10-16/h16-17,21,24H,2-15H2,1H3,(H,22,26)(H,23,25)(H,27,28)/t17-/m0/s1. The normalized spacial score (nSPS) is 15.9. The van der Waals surface area contributed by atoms with Gasteiger partial charge in [0.05, 0.1) is 12.3 Å². The van der Waals surface area contributed by atoms with Crippen molar-refractivity contribution >= 4 is 27.8 Å². The van der Waals surface area contributed by atoms with E-state index < -0.39 is 34.5 Å². The number of unbranched alkanes of at least 4 members (excludes halogenated alkanes) is 3. The van der Waals surface area contributed by atoms with Gasteiger partial charge in [-0.25, -0.2) is 8.42 Å². The Kier molecular flexibility index (Phi) is 13.3. The van der Waals surface area contributed by atoms with E-state index in [-0.39, 0.29) is 18.2 Å². The molecule has 1 atom stereocenters. The van der Waals surface area contributed by atoms with E-state index >= 15 is 0 Å². The molecule has 1 fully saturated rings. The fraction of sp³-hybridized carbons (Fsp3) is 0.850. The Hall–Kier alpha value is -1.72. The molecule has 0 spiro atoms. The molecule has 1 rings (SSSR count). The number of piperidine rings is 1. The second-order valence-electron chi connectivity index (χ2n) is 8.05. The van der Waals surface area contributed by atoms with Gasteiger partial charge in [-0.1, -0.05) is 32.6 Å². The van der Waals surface area contributed by atoms with E-state index in [1.807, 2.05) is 6.92 Å². The predicted molar refractivity (Wildman–Crippen MR) is 118 cm³/mol. The number of carboxylic acid groups (broad SMARTS) is 1. The van der Waals surface area contributed by atoms with Crippen molar-refractivity contribution in [2.24, 2.45) is 5.92 Å². The molecule has 1 heterocycles. The molecule has 10 nitrogen and oxygen atoms in total. The van der Waals surface area contributed by atoms with E-state index in [0.29, 0.717) is 19.3 Å². The van der Waals surface area contributed by atoms with Gasteiger partial charge in [0.1, 0.15) is 6.04 Å². The number of carbonyl (C=O) groups excluding carboxylic acids is 2. The van der Waals surface area contributed by atoms with Gasteiger partial charge in [-0.15, -0.1) is 0 Å². The maximum Gasteiger partial charge on any atom is 0.323 e. The largest absolute Gasteiger partial charge is 0.480 e. The highest BCUT2D eigenvalue weighted by Crippen LogP contribution is 2.19. The lowest BCUT2D eigenvalue weighted by Gasteiger charge is -2.22. The third-order valence-corrected chi connectivity index (χ3v) is 6.78. The second kappa shape index (κ2) is 15.1. The Bertz CT molecular complexity index is 665. The van der Waals surface area contributed by atoms with Crippen LogP contribution in [0.15, 0.2) is 0 Å². The van der Waals surface area contributed by atoms with Crippen LogP contribution >= 0.6 is 0 Å². The van der Waals surface area contributed by atoms with Crippen molar-refractivity contribution in [2.45, 2.75) is 70.8 Å². The quantitative estimate of drug-likeness (QED) is 0.207. The van der Waals surface area contributed by atoms with E-state index in [2.05, 4.69) is 20.7 Å². The average Bonchev–Trinajstić information content (AvgIpc) is 2.74. The third kappa shape index (κ3) is 13.3. The minimum Gasteiger partial charge on any atom is -0.480 e. The van der Waals surface area contributed by atoms with Gasteiger partial charge < -0.3 is 21.1 Å². The summed E-state index contributed by atoms with van der Waals surface area (Å²) in [6, 6.07) is -1.46. The van der Waals surface area contributed by atoms with Crippen molar-refractivity contribution in [3.8, 4) is 0 Å². The molecule has 5 N–H and O–H groups in total. The lowest BCUT2D eigenvalue weighted by Crippen LogP contribution is -2.50. The zero-order chi connectivity index (χ0) is 23.1. The Labute approximate surface area is 185 Å². The van der Waals surface area contributed by atoms with Crippen molar-refractivity contribution in [1.29, 1.82) is 0 Å². The molecule has 1 saturated heterocycles. The van der Waals surface area contributed by atoms with Crippen molar-refractivity contribution in [2.75, 3.05) is 31.9 Å². The average molecular weight is 463 g/mol. The molecule has 11 heteroatoms. The zero-order valence-electron chi connectivity index (χ0n) is 18.5. The Morgan fingerprint density at radius 1 is 1.03 bits per heavy atom. The number of sulfonamides is 1. The van der Waals surface area contributed by atoms with Gasteiger partial charge in [-0.3, -0.25) is 14.4 Å². The first-order valence-electron chi connectivity index (χ1n) is 11.2. The van der Waals surface area contributed by atoms with Gasteiger partial charge in [0.15, 0.2) is 0 Å². The fourth-order valence-corrected chi connectivity index (χ4v) is 4.81. The molecule has 0 bridgehead atoms. The fourth-order valence-electron chi connectivity index (χ4n) is 3.40. The summed E-state index contributed by atoms with van der Waals surface area (Å²) < 4.78 is 25.8. The van der Waals surface area contributed by atoms with Gasteiger partial charge in [-0.05, 0) is 44.7 Å². The van der Waals surface area contributed by atoms with Crippen molar-refractivity contribution in [1.82, 2.24) is 20.7 Å². The summed E-state index contributed by atoms with van der Waals surface area (Å²) in [5, 5.41) is 17.4. The predicted octanol–water partition coefficient (Wildman–Crippen LogP) is 0.342. The zero-order valence-corrected chi connectivity index (χ0v) is 19.3. The van der Waals surface area contributed by atoms with Gasteiger partial charge in [-0.2, -0.15) is 4.72 Å². The van der Waals surface area contributed by atoms with Crippen LogP contribution in [0.4, 0.5) is 0 Å². The van der Waals surface area contributed by atoms with Crippen LogP contribution in [-0.2, 0) is 24.4 Å². The summed E-state index contributed by atoms with van der Waals surface area (Å²) in [5.74, 6) is -1.57. The molecule has 0 unspecified atom stereocenters. The first kappa shape index (κ1) is 27.3. The summed E-state index contributed by atoms with van der Waals surface area (Å²) in [6.07, 6.45) is 7.89. The van der Waals surface area contributed by atoms with Crippen LogP contribution in [0.5, 0.6) is 0 Å². The number of amides is 2. The molecule has 0 aromatic carbocycles. The van der Waals surface area contributed by atoms with E-state index in [0.717, 1.165) is 38.3 Å². The van der Waals surface area contributed by atoms with Crippen LogP contribution < -0.4 is 20.7 Å². The lowest BCUT2D eigenvalue weighted by molar-refractivity contribution is -0.139. The molecule has 31 heavy (non-hydrogen) atoms. The van der Waals surface area contributed by atoms with Gasteiger partial charge >= 0.3 is 5.97 Å². The molecule has 0 aromatic rings. The van der Waals surface area contributed by atoms with Crippen LogP contribution in [0.2, 0.25) is 0 Å². The minimum atomic E-state index is -3.74. The maximum absolute atomic E-state index is 11.9. The molecule has 1 aliphatic rings. The van der Waals surface area contributed by atoms with E-state index in [9.17, 15) is 22.8 Å². The molecular weight excluding hydrogens is 424 g/mol. The Morgan fingerprint density at radius 3 is 2.39 bits per heavy atom. The van der Waals surface area contributed by atoms with Crippen LogP contribution in [0.3, 0.4) is 0 Å². The van der Waals surface area contributed by atoms with Gasteiger partial charge in [0.2, 0.25) is 21.8 Å². The van der Waals surface area contributed by atoms with Crippen LogP contribution in [0.1, 0.15) is 64.7 Å². The Balaban J connectivity index is 2.17. The van der Waals surface area contributed by atoms with Crippen LogP contribution in [-0.4, -0.2) is 69.3 Å². The molecule has 1 aliphatic heterocycles. The summed E-state index contributed by atoms with van der Waals surface area (Å²) in [4.78, 5) is 35.0. The van der Waals surface area contributed by atoms with E-state index in [1.165, 1.54) is 19.3 Å². The number of rotatable bonds is 16. The van der Waals surface area contributed by atoms with E-state index in [4.69, 9.17) is 5.11 Å². The number of carbonyl (C=O) groups is 3. The highest BCUT2D eigenvalue weighted by molar-refractivity contribution is 7.89. The smallest absolute Gasteiger partial charge is 0.323 e. The number of aliphatic carboxylic acids is 1. The molecular formula is C20H38N4O6S. The molecule has 0 aliphatic carbocycles. The van der Waals surface area contributed by atoms with E-state index in [1.54, 1.807) is 0 Å². The SMILES string of the molecule is CCCCS(=O)(=O)N[C@@H](CNC(=O)CNC(=O)CCCCCC1CCNCC1)C(=O)O. The summed E-state index contributed by atoms with van der Waals surface area (Å²) in [6.45, 7) is 3.34. The summed E-state index contributed by atoms with van der Waals surface area (Å²) in [5.41, 5.74) is 0. The van der Waals surface area contributed by atoms with Crippen LogP contribution in [0, 0.1) is 5.92 Å². The molecule has 2 amide bonds. The molecule has 0 aromatic heterocycles. The highest BCUT2D eigenvalue weighted by atomic mass is 32.2. The number of nitrogens with one attached hydrogen (secondary N) is 4. The van der Waals surface area contributed by atoms with Gasteiger partial charge in [0, 0.05) is 13.0 Å². The minimum absolute atomic E-state index is 0.171. The monoisotopic (exact) mass is 462 g/mol. The number of hydrogen-bond donors (Lipinski definition) is 5. The number of hydrogen-bond acceptors (Lipinski definition) is 6. The second-order valence-corrected chi connectivity index (χ2v) is 9.93. The van der Waals surface area contributed by atoms with Crippen LogP contribution in [0.25, 0.3) is 0 Å². The summed E-state index contributed by atoms with van der Waals surface area (Å²) in [7, 11) is -3.74. The first-order valence-corrected chi connectivity index (χ1v) is 12.9. The molecule has 180 valence electrons. The van der Waals surface area contributed by atoms with Crippen molar-refractivity contribution in [3.63, 3.8) is 0 Å². The topological polar surface area (TPSA) is 154 Å². The first-order chi connectivity index (χ1) is 14.7.